The fourth-order valence-electron chi connectivity index (χ4n) is 1.85. The monoisotopic (exact) mass is 278 g/mol. The fraction of sp³-hybridized carbons (Fsp3) is 0.467. The van der Waals surface area contributed by atoms with Crippen molar-refractivity contribution in [2.45, 2.75) is 33.3 Å². The second-order valence-electron chi connectivity index (χ2n) is 5.25. The normalized spacial score (nSPS) is 12.1. The highest BCUT2D eigenvalue weighted by molar-refractivity contribution is 5.95. The van der Waals surface area contributed by atoms with E-state index in [1.54, 1.807) is 24.3 Å². The average Bonchev–Trinajstić information content (AvgIpc) is 2.35. The molecule has 1 atom stereocenters. The van der Waals surface area contributed by atoms with E-state index in [1.165, 1.54) is 6.92 Å². The number of carbonyl (C=O) groups is 2. The average molecular weight is 278 g/mol. The van der Waals surface area contributed by atoms with Gasteiger partial charge in [0.15, 0.2) is 0 Å². The molecule has 0 heterocycles. The lowest BCUT2D eigenvalue weighted by molar-refractivity contribution is -0.114. The van der Waals surface area contributed by atoms with Crippen LogP contribution in [0.25, 0.3) is 0 Å². The molecule has 0 aliphatic heterocycles. The zero-order chi connectivity index (χ0) is 15.1. The van der Waals surface area contributed by atoms with Crippen molar-refractivity contribution in [2.75, 3.05) is 11.9 Å². The van der Waals surface area contributed by atoms with E-state index in [1.807, 2.05) is 13.8 Å². The lowest BCUT2D eigenvalue weighted by atomic mass is 10.1. The molecule has 0 saturated heterocycles. The molecule has 0 saturated carbocycles. The van der Waals surface area contributed by atoms with Gasteiger partial charge in [-0.3, -0.25) is 9.59 Å². The molecule has 1 unspecified atom stereocenters. The van der Waals surface area contributed by atoms with Crippen LogP contribution < -0.4 is 10.6 Å². The maximum atomic E-state index is 11.9. The van der Waals surface area contributed by atoms with Crippen LogP contribution in [0.3, 0.4) is 0 Å². The lowest BCUT2D eigenvalue weighted by Crippen LogP contribution is -2.32. The third kappa shape index (κ3) is 5.84. The number of hydrogen-bond acceptors (Lipinski definition) is 3. The first-order valence-electron chi connectivity index (χ1n) is 6.72. The third-order valence-electron chi connectivity index (χ3n) is 2.71. The van der Waals surface area contributed by atoms with Crippen LogP contribution in [-0.4, -0.2) is 29.6 Å². The number of anilines is 1. The predicted octanol–water partition coefficient (Wildman–Crippen LogP) is 1.78. The number of rotatable bonds is 6. The summed E-state index contributed by atoms with van der Waals surface area (Å²) in [6.07, 6.45) is 0.125. The van der Waals surface area contributed by atoms with Crippen LogP contribution in [0, 0.1) is 5.92 Å². The van der Waals surface area contributed by atoms with E-state index in [0.29, 0.717) is 23.6 Å². The molecule has 5 heteroatoms. The van der Waals surface area contributed by atoms with E-state index >= 15 is 0 Å². The summed E-state index contributed by atoms with van der Waals surface area (Å²) >= 11 is 0. The van der Waals surface area contributed by atoms with E-state index in [2.05, 4.69) is 10.6 Å². The molecule has 110 valence electrons. The van der Waals surface area contributed by atoms with Gasteiger partial charge in [-0.2, -0.15) is 0 Å². The van der Waals surface area contributed by atoms with Crippen LogP contribution in [0.5, 0.6) is 0 Å². The minimum atomic E-state index is -0.530. The minimum absolute atomic E-state index is 0.154. The Kier molecular flexibility index (Phi) is 6.18. The molecule has 5 nitrogen and oxygen atoms in total. The van der Waals surface area contributed by atoms with E-state index in [-0.39, 0.29) is 18.4 Å². The van der Waals surface area contributed by atoms with Crippen LogP contribution in [0.2, 0.25) is 0 Å². The highest BCUT2D eigenvalue weighted by Crippen LogP contribution is 2.09. The summed E-state index contributed by atoms with van der Waals surface area (Å²) in [7, 11) is 0. The Balaban J connectivity index is 2.49. The van der Waals surface area contributed by atoms with Gasteiger partial charge in [-0.1, -0.05) is 13.8 Å². The van der Waals surface area contributed by atoms with E-state index in [0.717, 1.165) is 0 Å². The Bertz CT molecular complexity index is 455. The number of nitrogens with one attached hydrogen (secondary N) is 2. The van der Waals surface area contributed by atoms with E-state index in [9.17, 15) is 14.7 Å². The summed E-state index contributed by atoms with van der Waals surface area (Å²) in [6, 6.07) is 6.60. The van der Waals surface area contributed by atoms with Gasteiger partial charge in [0.2, 0.25) is 5.91 Å². The van der Waals surface area contributed by atoms with Gasteiger partial charge in [0, 0.05) is 24.7 Å². The summed E-state index contributed by atoms with van der Waals surface area (Å²) in [5.74, 6) is 0.0000288. The fourth-order valence-corrected chi connectivity index (χ4v) is 1.85. The molecule has 1 rings (SSSR count). The quantitative estimate of drug-likeness (QED) is 0.742. The van der Waals surface area contributed by atoms with Crippen molar-refractivity contribution < 1.29 is 14.7 Å². The first-order chi connectivity index (χ1) is 9.38. The van der Waals surface area contributed by atoms with Crippen molar-refractivity contribution in [3.05, 3.63) is 29.8 Å². The van der Waals surface area contributed by atoms with Crippen LogP contribution in [0.15, 0.2) is 24.3 Å². The highest BCUT2D eigenvalue weighted by Gasteiger charge is 2.10. The maximum Gasteiger partial charge on any atom is 0.251 e. The Morgan fingerprint density at radius 2 is 1.80 bits per heavy atom. The molecule has 0 aliphatic carbocycles. The van der Waals surface area contributed by atoms with Gasteiger partial charge in [0.05, 0.1) is 6.10 Å². The lowest BCUT2D eigenvalue weighted by Gasteiger charge is -2.14. The van der Waals surface area contributed by atoms with Crippen LogP contribution in [0.1, 0.15) is 37.6 Å². The van der Waals surface area contributed by atoms with Gasteiger partial charge in [0.25, 0.3) is 5.91 Å². The van der Waals surface area contributed by atoms with Gasteiger partial charge >= 0.3 is 0 Å². The first kappa shape index (κ1) is 16.2. The van der Waals surface area contributed by atoms with Crippen molar-refractivity contribution in [1.29, 1.82) is 0 Å². The number of aliphatic hydroxyl groups is 1. The largest absolute Gasteiger partial charge is 0.391 e. The number of aliphatic hydroxyl groups excluding tert-OH is 1. The first-order valence-corrected chi connectivity index (χ1v) is 6.72. The molecule has 0 bridgehead atoms. The molecular formula is C15H22N2O3. The second kappa shape index (κ2) is 7.65. The van der Waals surface area contributed by atoms with E-state index in [4.69, 9.17) is 0 Å². The molecule has 20 heavy (non-hydrogen) atoms. The van der Waals surface area contributed by atoms with Crippen molar-refractivity contribution in [3.63, 3.8) is 0 Å². The van der Waals surface area contributed by atoms with Gasteiger partial charge in [-0.15, -0.1) is 0 Å². The topological polar surface area (TPSA) is 78.4 Å². The Morgan fingerprint density at radius 3 is 2.30 bits per heavy atom. The van der Waals surface area contributed by atoms with Gasteiger partial charge in [-0.05, 0) is 36.6 Å². The molecule has 0 fully saturated rings. The highest BCUT2D eigenvalue weighted by atomic mass is 16.3. The van der Waals surface area contributed by atoms with Crippen LogP contribution >= 0.6 is 0 Å². The van der Waals surface area contributed by atoms with Crippen molar-refractivity contribution in [2.24, 2.45) is 5.92 Å². The molecule has 1 aromatic rings. The second-order valence-corrected chi connectivity index (χ2v) is 5.25. The van der Waals surface area contributed by atoms with Crippen molar-refractivity contribution in [3.8, 4) is 0 Å². The van der Waals surface area contributed by atoms with Crippen molar-refractivity contribution in [1.82, 2.24) is 5.32 Å². The molecule has 0 aliphatic rings. The molecule has 0 radical (unpaired) electrons. The van der Waals surface area contributed by atoms with Crippen LogP contribution in [-0.2, 0) is 4.79 Å². The Hall–Kier alpha value is -1.88. The van der Waals surface area contributed by atoms with Gasteiger partial charge in [-0.25, -0.2) is 0 Å². The number of carbonyl (C=O) groups excluding carboxylic acids is 2. The molecular weight excluding hydrogens is 256 g/mol. The predicted molar refractivity (Wildman–Crippen MR) is 78.5 cm³/mol. The number of hydrogen-bond donors (Lipinski definition) is 3. The Morgan fingerprint density at radius 1 is 1.20 bits per heavy atom. The zero-order valence-electron chi connectivity index (χ0n) is 12.1. The summed E-state index contributed by atoms with van der Waals surface area (Å²) in [5, 5.41) is 15.0. The van der Waals surface area contributed by atoms with Gasteiger partial charge < -0.3 is 15.7 Å². The SMILES string of the molecule is CC(=O)Nc1ccc(C(=O)NCC(O)CC(C)C)cc1. The summed E-state index contributed by atoms with van der Waals surface area (Å²) in [6.45, 7) is 5.71. The smallest absolute Gasteiger partial charge is 0.251 e. The summed E-state index contributed by atoms with van der Waals surface area (Å²) < 4.78 is 0. The number of benzene rings is 1. The van der Waals surface area contributed by atoms with Crippen LogP contribution in [0.4, 0.5) is 5.69 Å². The molecule has 0 aromatic heterocycles. The third-order valence-corrected chi connectivity index (χ3v) is 2.71. The summed E-state index contributed by atoms with van der Waals surface area (Å²) in [4.78, 5) is 22.7. The number of amides is 2. The molecule has 3 N–H and O–H groups in total. The van der Waals surface area contributed by atoms with E-state index < -0.39 is 6.10 Å². The molecule has 2 amide bonds. The molecule has 0 spiro atoms. The van der Waals surface area contributed by atoms with Gasteiger partial charge in [0.1, 0.15) is 0 Å². The standard InChI is InChI=1S/C15H22N2O3/c1-10(2)8-14(19)9-16-15(20)12-4-6-13(7-5-12)17-11(3)18/h4-7,10,14,19H,8-9H2,1-3H3,(H,16,20)(H,17,18). The van der Waals surface area contributed by atoms with Crippen molar-refractivity contribution >= 4 is 17.5 Å². The minimum Gasteiger partial charge on any atom is -0.391 e. The zero-order valence-corrected chi connectivity index (χ0v) is 12.1. The summed E-state index contributed by atoms with van der Waals surface area (Å²) in [5.41, 5.74) is 1.14. The Labute approximate surface area is 119 Å². The molecule has 1 aromatic carbocycles. The maximum absolute atomic E-state index is 11.9.